The molecule has 1 aliphatic heterocycles. The lowest BCUT2D eigenvalue weighted by atomic mass is 10.1. The maximum Gasteiger partial charge on any atom is 0.333 e. The highest BCUT2D eigenvalue weighted by molar-refractivity contribution is 7.42. The maximum absolute atomic E-state index is 11.3. The van der Waals surface area contributed by atoms with E-state index in [0.717, 1.165) is 0 Å². The summed E-state index contributed by atoms with van der Waals surface area (Å²) < 4.78 is 15.5. The summed E-state index contributed by atoms with van der Waals surface area (Å²) in [6, 6.07) is 0. The summed E-state index contributed by atoms with van der Waals surface area (Å²) in [6.45, 7) is 7.86. The number of carbonyl (C=O) groups excluding carboxylic acids is 1. The van der Waals surface area contributed by atoms with Gasteiger partial charge in [-0.05, 0) is 19.4 Å². The van der Waals surface area contributed by atoms with E-state index in [9.17, 15) is 4.79 Å². The molecule has 5 heteroatoms. The summed E-state index contributed by atoms with van der Waals surface area (Å²) in [4.78, 5) is 11.3. The zero-order valence-corrected chi connectivity index (χ0v) is 8.67. The minimum Gasteiger partial charge on any atom is -0.313 e. The van der Waals surface area contributed by atoms with Crippen molar-refractivity contribution in [2.24, 2.45) is 0 Å². The van der Waals surface area contributed by atoms with Crippen LogP contribution in [0.25, 0.3) is 0 Å². The maximum atomic E-state index is 11.3. The highest BCUT2D eigenvalue weighted by atomic mass is 31.2. The van der Waals surface area contributed by atoms with Crippen molar-refractivity contribution in [2.45, 2.75) is 20.0 Å². The molecule has 2 atom stereocenters. The fourth-order valence-corrected chi connectivity index (χ4v) is 1.89. The Labute approximate surface area is 78.9 Å². The molecule has 0 aromatic carbocycles. The molecule has 0 aromatic heterocycles. The van der Waals surface area contributed by atoms with E-state index < -0.39 is 14.7 Å². The Hall–Kier alpha value is -0.280. The van der Waals surface area contributed by atoms with Crippen molar-refractivity contribution in [3.05, 3.63) is 12.2 Å². The van der Waals surface area contributed by atoms with Crippen LogP contribution in [0, 0.1) is 0 Å². The molecule has 0 aliphatic carbocycles. The zero-order chi connectivity index (χ0) is 9.84. The van der Waals surface area contributed by atoms with E-state index in [0.29, 0.717) is 12.2 Å². The molecular formula is C8H13O4P. The third kappa shape index (κ3) is 2.85. The molecule has 0 spiro atoms. The Kier molecular flexibility index (Phi) is 4.00. The third-order valence-corrected chi connectivity index (χ3v) is 2.75. The Morgan fingerprint density at radius 2 is 2.46 bits per heavy atom. The fourth-order valence-electron chi connectivity index (χ4n) is 0.865. The average Bonchev–Trinajstić information content (AvgIpc) is 2.52. The summed E-state index contributed by atoms with van der Waals surface area (Å²) in [5, 5.41) is 0. The van der Waals surface area contributed by atoms with Crippen molar-refractivity contribution in [3.8, 4) is 0 Å². The number of rotatable bonds is 4. The van der Waals surface area contributed by atoms with E-state index in [4.69, 9.17) is 13.6 Å². The second-order valence-corrected chi connectivity index (χ2v) is 3.85. The smallest absolute Gasteiger partial charge is 0.313 e. The summed E-state index contributed by atoms with van der Waals surface area (Å²) in [5.41, 5.74) is 0.488. The van der Waals surface area contributed by atoms with Crippen molar-refractivity contribution in [1.82, 2.24) is 0 Å². The quantitative estimate of drug-likeness (QED) is 0.517. The van der Waals surface area contributed by atoms with Gasteiger partial charge in [-0.1, -0.05) is 6.58 Å². The van der Waals surface area contributed by atoms with Crippen LogP contribution in [0.5, 0.6) is 0 Å². The SMILES string of the molecule is C=C(C)C(=O)C1COP(OCC)O1. The van der Waals surface area contributed by atoms with Gasteiger partial charge >= 0.3 is 8.60 Å². The molecule has 0 saturated carbocycles. The third-order valence-electron chi connectivity index (χ3n) is 1.49. The van der Waals surface area contributed by atoms with Crippen LogP contribution in [0.15, 0.2) is 12.2 Å². The van der Waals surface area contributed by atoms with Gasteiger partial charge in [0.15, 0.2) is 11.9 Å². The van der Waals surface area contributed by atoms with Gasteiger partial charge in [0.1, 0.15) is 0 Å². The van der Waals surface area contributed by atoms with Gasteiger partial charge in [0.25, 0.3) is 0 Å². The molecule has 1 aliphatic rings. The minimum absolute atomic E-state index is 0.107. The minimum atomic E-state index is -1.30. The lowest BCUT2D eigenvalue weighted by Gasteiger charge is -2.07. The van der Waals surface area contributed by atoms with Gasteiger partial charge in [0, 0.05) is 0 Å². The molecule has 1 heterocycles. The Morgan fingerprint density at radius 1 is 1.77 bits per heavy atom. The van der Waals surface area contributed by atoms with Crippen LogP contribution in [0.4, 0.5) is 0 Å². The summed E-state index contributed by atoms with van der Waals surface area (Å²) >= 11 is 0. The fraction of sp³-hybridized carbons (Fsp3) is 0.625. The lowest BCUT2D eigenvalue weighted by molar-refractivity contribution is -0.121. The number of carbonyl (C=O) groups is 1. The number of ketones is 1. The molecule has 0 amide bonds. The summed E-state index contributed by atoms with van der Waals surface area (Å²) in [5.74, 6) is -0.107. The average molecular weight is 204 g/mol. The molecule has 0 N–H and O–H groups in total. The molecule has 13 heavy (non-hydrogen) atoms. The monoisotopic (exact) mass is 204 g/mol. The molecule has 0 radical (unpaired) electrons. The largest absolute Gasteiger partial charge is 0.333 e. The number of Topliss-reactive ketones (excluding diaryl/α,β-unsaturated/α-hetero) is 1. The van der Waals surface area contributed by atoms with Crippen LogP contribution in [-0.2, 0) is 18.4 Å². The first-order valence-corrected chi connectivity index (χ1v) is 5.17. The zero-order valence-electron chi connectivity index (χ0n) is 7.78. The summed E-state index contributed by atoms with van der Waals surface area (Å²) in [6.07, 6.45) is -0.518. The topological polar surface area (TPSA) is 44.8 Å². The molecular weight excluding hydrogens is 191 g/mol. The first-order valence-electron chi connectivity index (χ1n) is 4.07. The molecule has 1 rings (SSSR count). The van der Waals surface area contributed by atoms with Gasteiger partial charge in [-0.2, -0.15) is 0 Å². The van der Waals surface area contributed by atoms with Crippen LogP contribution in [0.3, 0.4) is 0 Å². The second kappa shape index (κ2) is 4.82. The van der Waals surface area contributed by atoms with Crippen molar-refractivity contribution >= 4 is 14.4 Å². The van der Waals surface area contributed by atoms with Crippen molar-refractivity contribution < 1.29 is 18.4 Å². The van der Waals surface area contributed by atoms with E-state index in [1.54, 1.807) is 6.92 Å². The Bertz CT molecular complexity index is 216. The second-order valence-electron chi connectivity index (χ2n) is 2.68. The Balaban J connectivity index is 2.40. The van der Waals surface area contributed by atoms with Crippen molar-refractivity contribution in [3.63, 3.8) is 0 Å². The molecule has 1 saturated heterocycles. The standard InChI is InChI=1S/C8H13O4P/c1-4-10-13-11-5-7(12-13)8(9)6(2)3/h7H,2,4-5H2,1,3H3. The molecule has 1 fully saturated rings. The number of hydrogen-bond acceptors (Lipinski definition) is 4. The van der Waals surface area contributed by atoms with E-state index >= 15 is 0 Å². The van der Waals surface area contributed by atoms with E-state index in [1.807, 2.05) is 6.92 Å². The van der Waals surface area contributed by atoms with Gasteiger partial charge in [0.05, 0.1) is 13.2 Å². The molecule has 2 unspecified atom stereocenters. The van der Waals surface area contributed by atoms with Gasteiger partial charge in [0.2, 0.25) is 0 Å². The molecule has 0 aromatic rings. The van der Waals surface area contributed by atoms with E-state index in [-0.39, 0.29) is 12.4 Å². The van der Waals surface area contributed by atoms with E-state index in [1.165, 1.54) is 0 Å². The normalized spacial score (nSPS) is 27.5. The van der Waals surface area contributed by atoms with Crippen LogP contribution in [0.2, 0.25) is 0 Å². The van der Waals surface area contributed by atoms with Crippen molar-refractivity contribution in [2.75, 3.05) is 13.2 Å². The highest BCUT2D eigenvalue weighted by Crippen LogP contribution is 2.46. The van der Waals surface area contributed by atoms with Crippen LogP contribution >= 0.6 is 8.60 Å². The van der Waals surface area contributed by atoms with Gasteiger partial charge < -0.3 is 9.05 Å². The van der Waals surface area contributed by atoms with Gasteiger partial charge in [-0.3, -0.25) is 9.32 Å². The summed E-state index contributed by atoms with van der Waals surface area (Å²) in [7, 11) is -1.30. The first-order chi connectivity index (χ1) is 6.15. The molecule has 0 bridgehead atoms. The van der Waals surface area contributed by atoms with Gasteiger partial charge in [-0.15, -0.1) is 0 Å². The predicted octanol–water partition coefficient (Wildman–Crippen LogP) is 1.81. The number of hydrogen-bond donors (Lipinski definition) is 0. The highest BCUT2D eigenvalue weighted by Gasteiger charge is 2.33. The van der Waals surface area contributed by atoms with E-state index in [2.05, 4.69) is 6.58 Å². The predicted molar refractivity (Wildman–Crippen MR) is 49.2 cm³/mol. The van der Waals surface area contributed by atoms with Gasteiger partial charge in [-0.25, -0.2) is 0 Å². The Morgan fingerprint density at radius 3 is 3.00 bits per heavy atom. The van der Waals surface area contributed by atoms with Crippen LogP contribution in [0.1, 0.15) is 13.8 Å². The molecule has 74 valence electrons. The molecule has 4 nitrogen and oxygen atoms in total. The lowest BCUT2D eigenvalue weighted by Crippen LogP contribution is -2.22. The van der Waals surface area contributed by atoms with Crippen molar-refractivity contribution in [1.29, 1.82) is 0 Å². The first kappa shape index (κ1) is 10.8. The van der Waals surface area contributed by atoms with Crippen LogP contribution < -0.4 is 0 Å². The van der Waals surface area contributed by atoms with Crippen LogP contribution in [-0.4, -0.2) is 25.1 Å².